The number of carbonyl (C=O) groups is 1. The lowest BCUT2D eigenvalue weighted by atomic mass is 10.1. The predicted molar refractivity (Wildman–Crippen MR) is 134 cm³/mol. The molecule has 1 aliphatic rings. The van der Waals surface area contributed by atoms with Gasteiger partial charge in [-0.3, -0.25) is 24.8 Å². The molecule has 3 rings (SSSR count). The van der Waals surface area contributed by atoms with Crippen molar-refractivity contribution in [1.82, 2.24) is 4.90 Å². The normalized spacial score (nSPS) is 16.0. The van der Waals surface area contributed by atoms with Crippen LogP contribution in [0.25, 0.3) is 6.08 Å². The van der Waals surface area contributed by atoms with Gasteiger partial charge in [-0.05, 0) is 61.9 Å². The molecule has 1 fully saturated rings. The second-order valence-corrected chi connectivity index (χ2v) is 8.75. The summed E-state index contributed by atoms with van der Waals surface area (Å²) in [6.45, 7) is 7.45. The number of carbonyl (C=O) groups excluding carboxylic acids is 1. The van der Waals surface area contributed by atoms with E-state index in [1.807, 2.05) is 32.9 Å². The molecule has 33 heavy (non-hydrogen) atoms. The second-order valence-electron chi connectivity index (χ2n) is 6.89. The highest BCUT2D eigenvalue weighted by Gasteiger charge is 2.32. The molecular weight excluding hydrogens is 510 g/mol. The Morgan fingerprint density at radius 2 is 1.94 bits per heavy atom. The Balaban J connectivity index is 1.88. The van der Waals surface area contributed by atoms with Crippen LogP contribution in [0.5, 0.6) is 11.5 Å². The number of ether oxygens (including phenoxy) is 2. The maximum absolute atomic E-state index is 12.8. The van der Waals surface area contributed by atoms with Gasteiger partial charge in [0.2, 0.25) is 0 Å². The number of likely N-dealkylation sites (N-methyl/N-ethyl adjacent to an activating group) is 1. The van der Waals surface area contributed by atoms with Crippen LogP contribution in [0.4, 0.5) is 5.69 Å². The molecule has 2 aromatic carbocycles. The number of hydrogen-bond donors (Lipinski definition) is 0. The lowest BCUT2D eigenvalue weighted by Gasteiger charge is -2.14. The second kappa shape index (κ2) is 11.3. The Morgan fingerprint density at radius 1 is 1.18 bits per heavy atom. The van der Waals surface area contributed by atoms with Crippen molar-refractivity contribution in [1.29, 1.82) is 0 Å². The van der Waals surface area contributed by atoms with Crippen LogP contribution in [0.2, 0.25) is 0 Å². The monoisotopic (exact) mass is 533 g/mol. The van der Waals surface area contributed by atoms with Crippen molar-refractivity contribution in [2.45, 2.75) is 27.4 Å². The quantitative estimate of drug-likeness (QED) is 0.235. The largest absolute Gasteiger partial charge is 0.490 e. The lowest BCUT2D eigenvalue weighted by Crippen LogP contribution is -2.28. The minimum atomic E-state index is -0.438. The number of amides is 1. The fraction of sp³-hybridized carbons (Fsp3) is 0.304. The zero-order chi connectivity index (χ0) is 24.0. The van der Waals surface area contributed by atoms with E-state index in [4.69, 9.17) is 9.47 Å². The molecule has 2 aromatic rings. The van der Waals surface area contributed by atoms with Gasteiger partial charge >= 0.3 is 0 Å². The predicted octanol–water partition coefficient (Wildman–Crippen LogP) is 5.65. The summed E-state index contributed by atoms with van der Waals surface area (Å²) in [5, 5.41) is 11.7. The molecule has 1 amide bonds. The highest BCUT2D eigenvalue weighted by molar-refractivity contribution is 9.10. The SMILES string of the molecule is CCN=C1S/C(=C\c2cc(OCC)c(OCc3cccc([N+](=O)[O-])c3)cc2Br)C(=O)N1CC. The molecule has 0 aromatic heterocycles. The first-order valence-electron chi connectivity index (χ1n) is 10.5. The van der Waals surface area contributed by atoms with Gasteiger partial charge in [-0.15, -0.1) is 0 Å². The van der Waals surface area contributed by atoms with Gasteiger partial charge < -0.3 is 9.47 Å². The molecule has 0 unspecified atom stereocenters. The van der Waals surface area contributed by atoms with Crippen molar-refractivity contribution in [2.75, 3.05) is 19.7 Å². The first-order valence-corrected chi connectivity index (χ1v) is 12.1. The van der Waals surface area contributed by atoms with E-state index < -0.39 is 4.92 Å². The highest BCUT2D eigenvalue weighted by Crippen LogP contribution is 2.38. The Bertz CT molecular complexity index is 1120. The zero-order valence-corrected chi connectivity index (χ0v) is 20.9. The first-order chi connectivity index (χ1) is 15.9. The summed E-state index contributed by atoms with van der Waals surface area (Å²) in [5.74, 6) is 0.931. The van der Waals surface area contributed by atoms with Crippen LogP contribution >= 0.6 is 27.7 Å². The molecule has 1 aliphatic heterocycles. The molecular formula is C23H24BrN3O5S. The van der Waals surface area contributed by atoms with E-state index in [9.17, 15) is 14.9 Å². The number of nitrogens with zero attached hydrogens (tertiary/aromatic N) is 3. The molecule has 174 valence electrons. The first kappa shape index (κ1) is 24.8. The van der Waals surface area contributed by atoms with Gasteiger partial charge in [0.05, 0.1) is 16.4 Å². The summed E-state index contributed by atoms with van der Waals surface area (Å²) in [7, 11) is 0. The lowest BCUT2D eigenvalue weighted by molar-refractivity contribution is -0.384. The Labute approximate surface area is 204 Å². The van der Waals surface area contributed by atoms with Crippen LogP contribution in [0.15, 0.2) is 50.8 Å². The summed E-state index contributed by atoms with van der Waals surface area (Å²) in [6, 6.07) is 9.88. The van der Waals surface area contributed by atoms with Crippen LogP contribution in [0.3, 0.4) is 0 Å². The van der Waals surface area contributed by atoms with Crippen molar-refractivity contribution < 1.29 is 19.2 Å². The molecule has 0 radical (unpaired) electrons. The van der Waals surface area contributed by atoms with Gasteiger partial charge in [-0.1, -0.05) is 28.1 Å². The van der Waals surface area contributed by atoms with Gasteiger partial charge in [0.25, 0.3) is 11.6 Å². The third-order valence-corrected chi connectivity index (χ3v) is 6.39. The maximum atomic E-state index is 12.8. The molecule has 1 saturated heterocycles. The minimum Gasteiger partial charge on any atom is -0.490 e. The number of amidine groups is 1. The van der Waals surface area contributed by atoms with E-state index in [1.54, 1.807) is 23.1 Å². The summed E-state index contributed by atoms with van der Waals surface area (Å²) in [4.78, 5) is 30.0. The molecule has 0 bridgehead atoms. The fourth-order valence-corrected chi connectivity index (χ4v) is 4.68. The van der Waals surface area contributed by atoms with E-state index in [0.29, 0.717) is 46.8 Å². The zero-order valence-electron chi connectivity index (χ0n) is 18.5. The van der Waals surface area contributed by atoms with Crippen LogP contribution in [0.1, 0.15) is 31.9 Å². The number of halogens is 1. The van der Waals surface area contributed by atoms with Gasteiger partial charge in [0.15, 0.2) is 16.7 Å². The highest BCUT2D eigenvalue weighted by atomic mass is 79.9. The Hall–Kier alpha value is -2.85. The van der Waals surface area contributed by atoms with Crippen molar-refractivity contribution in [2.24, 2.45) is 4.99 Å². The fourth-order valence-electron chi connectivity index (χ4n) is 3.14. The van der Waals surface area contributed by atoms with E-state index >= 15 is 0 Å². The van der Waals surface area contributed by atoms with E-state index in [-0.39, 0.29) is 18.2 Å². The average molecular weight is 534 g/mol. The van der Waals surface area contributed by atoms with Crippen molar-refractivity contribution in [3.05, 3.63) is 67.0 Å². The number of nitro benzene ring substituents is 1. The van der Waals surface area contributed by atoms with Crippen molar-refractivity contribution in [3.8, 4) is 11.5 Å². The summed E-state index contributed by atoms with van der Waals surface area (Å²) >= 11 is 4.91. The number of rotatable bonds is 9. The standard InChI is InChI=1S/C23H24BrN3O5S/c1-4-25-23-26(5-2)22(28)21(33-23)12-16-11-19(31-6-3)20(13-18(16)24)32-14-15-8-7-9-17(10-15)27(29)30/h7-13H,4-6,14H2,1-3H3/b21-12-,25-23?. The van der Waals surface area contributed by atoms with E-state index in [0.717, 1.165) is 10.0 Å². The van der Waals surface area contributed by atoms with Gasteiger partial charge in [0.1, 0.15) is 6.61 Å². The smallest absolute Gasteiger partial charge is 0.269 e. The number of hydrogen-bond acceptors (Lipinski definition) is 7. The molecule has 0 aliphatic carbocycles. The molecule has 1 heterocycles. The number of non-ortho nitro benzene ring substituents is 1. The third kappa shape index (κ3) is 5.94. The Morgan fingerprint density at radius 3 is 2.61 bits per heavy atom. The van der Waals surface area contributed by atoms with Gasteiger partial charge in [-0.2, -0.15) is 0 Å². The summed E-state index contributed by atoms with van der Waals surface area (Å²) in [5.41, 5.74) is 1.45. The Kier molecular flexibility index (Phi) is 8.51. The van der Waals surface area contributed by atoms with Gasteiger partial charge in [-0.25, -0.2) is 0 Å². The third-order valence-electron chi connectivity index (χ3n) is 4.66. The number of nitro groups is 1. The van der Waals surface area contributed by atoms with Crippen molar-refractivity contribution in [3.63, 3.8) is 0 Å². The average Bonchev–Trinajstić information content (AvgIpc) is 3.09. The molecule has 8 nitrogen and oxygen atoms in total. The van der Waals surface area contributed by atoms with E-state index in [2.05, 4.69) is 20.9 Å². The van der Waals surface area contributed by atoms with Crippen molar-refractivity contribution >= 4 is 50.5 Å². The number of benzene rings is 2. The molecule has 0 atom stereocenters. The molecule has 0 N–H and O–H groups in total. The van der Waals surface area contributed by atoms with E-state index in [1.165, 1.54) is 23.9 Å². The van der Waals surface area contributed by atoms with Gasteiger partial charge in [0, 0.05) is 29.7 Å². The summed E-state index contributed by atoms with van der Waals surface area (Å²) in [6.07, 6.45) is 1.81. The number of aliphatic imine (C=N–C) groups is 1. The molecule has 10 heteroatoms. The van der Waals surface area contributed by atoms with Crippen LogP contribution < -0.4 is 9.47 Å². The van der Waals surface area contributed by atoms with Crippen LogP contribution in [-0.4, -0.2) is 40.6 Å². The molecule has 0 spiro atoms. The topological polar surface area (TPSA) is 94.3 Å². The van der Waals surface area contributed by atoms with Crippen LogP contribution in [-0.2, 0) is 11.4 Å². The summed E-state index contributed by atoms with van der Waals surface area (Å²) < 4.78 is 12.4. The van der Waals surface area contributed by atoms with Crippen LogP contribution in [0, 0.1) is 10.1 Å². The minimum absolute atomic E-state index is 0.00937. The molecule has 0 saturated carbocycles. The maximum Gasteiger partial charge on any atom is 0.269 e. The number of thioether (sulfide) groups is 1.